The average molecular weight is 498 g/mol. The van der Waals surface area contributed by atoms with Gasteiger partial charge in [0, 0.05) is 18.7 Å². The first-order valence-electron chi connectivity index (χ1n) is 11.3. The molecule has 0 aromatic heterocycles. The number of carbonyl (C=O) groups excluding carboxylic acids is 2. The summed E-state index contributed by atoms with van der Waals surface area (Å²) < 4.78 is 26.2. The van der Waals surface area contributed by atoms with Gasteiger partial charge in [-0.1, -0.05) is 60.7 Å². The standard InChI is InChI=1S/C28H23N3O4S/c29-16-18-5-9-20(10-6-18)21-11-7-19(8-12-21)17-30-27(32)22-13-14-26-24(15-22)31-28(33)23-3-1-2-4-25(23)36(26,34)35/h1-15H,16-17,29H2,(H,30,32)(H,31,33). The number of nitrogens with two attached hydrogens (primary N) is 1. The number of amides is 2. The quantitative estimate of drug-likeness (QED) is 0.383. The van der Waals surface area contributed by atoms with Crippen molar-refractivity contribution >= 4 is 27.3 Å². The molecule has 4 aromatic rings. The summed E-state index contributed by atoms with van der Waals surface area (Å²) in [5.41, 5.74) is 10.1. The Morgan fingerprint density at radius 2 is 1.44 bits per heavy atom. The molecule has 1 aliphatic rings. The van der Waals surface area contributed by atoms with Crippen molar-refractivity contribution in [3.63, 3.8) is 0 Å². The van der Waals surface area contributed by atoms with Crippen LogP contribution in [0.25, 0.3) is 11.1 Å². The monoisotopic (exact) mass is 497 g/mol. The molecule has 0 spiro atoms. The first-order chi connectivity index (χ1) is 17.4. The van der Waals surface area contributed by atoms with Crippen molar-refractivity contribution in [3.05, 3.63) is 113 Å². The predicted octanol–water partition coefficient (Wildman–Crippen LogP) is 4.14. The Morgan fingerprint density at radius 1 is 0.806 bits per heavy atom. The van der Waals surface area contributed by atoms with E-state index in [0.29, 0.717) is 13.1 Å². The zero-order valence-electron chi connectivity index (χ0n) is 19.2. The van der Waals surface area contributed by atoms with Gasteiger partial charge in [0.2, 0.25) is 9.84 Å². The van der Waals surface area contributed by atoms with Crippen LogP contribution in [0.3, 0.4) is 0 Å². The van der Waals surface area contributed by atoms with E-state index in [2.05, 4.69) is 10.6 Å². The van der Waals surface area contributed by atoms with Crippen LogP contribution in [0.4, 0.5) is 5.69 Å². The third-order valence-corrected chi connectivity index (χ3v) is 8.00. The fraction of sp³-hybridized carbons (Fsp3) is 0.0714. The molecular weight excluding hydrogens is 474 g/mol. The van der Waals surface area contributed by atoms with Gasteiger partial charge in [0.15, 0.2) is 0 Å². The van der Waals surface area contributed by atoms with Crippen LogP contribution in [0.5, 0.6) is 0 Å². The average Bonchev–Trinajstić information content (AvgIpc) is 2.99. The van der Waals surface area contributed by atoms with E-state index in [4.69, 9.17) is 5.73 Å². The van der Waals surface area contributed by atoms with Gasteiger partial charge >= 0.3 is 0 Å². The van der Waals surface area contributed by atoms with Crippen molar-refractivity contribution in [1.82, 2.24) is 5.32 Å². The number of anilines is 1. The number of carbonyl (C=O) groups is 2. The summed E-state index contributed by atoms with van der Waals surface area (Å²) >= 11 is 0. The summed E-state index contributed by atoms with van der Waals surface area (Å²) in [6.07, 6.45) is 0. The molecule has 7 nitrogen and oxygen atoms in total. The Balaban J connectivity index is 1.31. The second-order valence-corrected chi connectivity index (χ2v) is 10.3. The summed E-state index contributed by atoms with van der Waals surface area (Å²) in [6.45, 7) is 0.789. The van der Waals surface area contributed by atoms with Crippen molar-refractivity contribution in [2.75, 3.05) is 5.32 Å². The lowest BCUT2D eigenvalue weighted by Crippen LogP contribution is -2.23. The number of fused-ring (bicyclic) bond motifs is 2. The second kappa shape index (κ2) is 9.41. The number of nitrogens with one attached hydrogen (secondary N) is 2. The van der Waals surface area contributed by atoms with Crippen LogP contribution in [0.15, 0.2) is 101 Å². The van der Waals surface area contributed by atoms with Gasteiger partial charge in [-0.25, -0.2) is 8.42 Å². The van der Waals surface area contributed by atoms with Gasteiger partial charge in [-0.15, -0.1) is 0 Å². The van der Waals surface area contributed by atoms with Gasteiger partial charge in [0.1, 0.15) is 0 Å². The van der Waals surface area contributed by atoms with Crippen LogP contribution >= 0.6 is 0 Å². The fourth-order valence-corrected chi connectivity index (χ4v) is 5.72. The van der Waals surface area contributed by atoms with Gasteiger partial charge in [-0.05, 0) is 52.6 Å². The lowest BCUT2D eigenvalue weighted by atomic mass is 10.0. The first kappa shape index (κ1) is 23.5. The summed E-state index contributed by atoms with van der Waals surface area (Å²) in [7, 11) is -3.92. The Morgan fingerprint density at radius 3 is 2.11 bits per heavy atom. The van der Waals surface area contributed by atoms with Gasteiger partial charge in [0.25, 0.3) is 11.8 Å². The van der Waals surface area contributed by atoms with Crippen molar-refractivity contribution in [3.8, 4) is 11.1 Å². The topological polar surface area (TPSA) is 118 Å². The lowest BCUT2D eigenvalue weighted by molar-refractivity contribution is 0.0949. The Labute approximate surface area is 208 Å². The van der Waals surface area contributed by atoms with E-state index >= 15 is 0 Å². The molecular formula is C28H23N3O4S. The van der Waals surface area contributed by atoms with E-state index < -0.39 is 15.7 Å². The largest absolute Gasteiger partial charge is 0.348 e. The van der Waals surface area contributed by atoms with Crippen LogP contribution in [-0.4, -0.2) is 20.2 Å². The molecule has 0 bridgehead atoms. The highest BCUT2D eigenvalue weighted by Gasteiger charge is 2.31. The Bertz CT molecular complexity index is 1580. The van der Waals surface area contributed by atoms with E-state index in [1.165, 1.54) is 30.3 Å². The molecule has 0 radical (unpaired) electrons. The number of sulfone groups is 1. The van der Waals surface area contributed by atoms with Gasteiger partial charge in [-0.3, -0.25) is 9.59 Å². The van der Waals surface area contributed by atoms with Crippen molar-refractivity contribution in [2.45, 2.75) is 22.9 Å². The molecule has 1 aliphatic heterocycles. The van der Waals surface area contributed by atoms with Gasteiger partial charge < -0.3 is 16.4 Å². The van der Waals surface area contributed by atoms with Gasteiger partial charge in [0.05, 0.1) is 21.0 Å². The fourth-order valence-electron chi connectivity index (χ4n) is 4.13. The SMILES string of the molecule is NCc1ccc(-c2ccc(CNC(=O)c3ccc4c(c3)NC(=O)c3ccccc3S4(=O)=O)cc2)cc1. The van der Waals surface area contributed by atoms with Crippen LogP contribution in [-0.2, 0) is 22.9 Å². The minimum atomic E-state index is -3.92. The molecule has 0 fully saturated rings. The van der Waals surface area contributed by atoms with Crippen molar-refractivity contribution in [1.29, 1.82) is 0 Å². The zero-order chi connectivity index (χ0) is 25.3. The highest BCUT2D eigenvalue weighted by Crippen LogP contribution is 2.34. The summed E-state index contributed by atoms with van der Waals surface area (Å²) in [6, 6.07) is 26.1. The lowest BCUT2D eigenvalue weighted by Gasteiger charge is -2.11. The molecule has 2 amide bonds. The van der Waals surface area contributed by atoms with Crippen LogP contribution in [0.2, 0.25) is 0 Å². The Kier molecular flexibility index (Phi) is 6.13. The van der Waals surface area contributed by atoms with Crippen LogP contribution in [0.1, 0.15) is 31.8 Å². The highest BCUT2D eigenvalue weighted by molar-refractivity contribution is 7.91. The summed E-state index contributed by atoms with van der Waals surface area (Å²) in [4.78, 5) is 25.3. The van der Waals surface area contributed by atoms with Crippen molar-refractivity contribution < 1.29 is 18.0 Å². The van der Waals surface area contributed by atoms with E-state index in [-0.39, 0.29) is 32.5 Å². The predicted molar refractivity (Wildman–Crippen MR) is 137 cm³/mol. The maximum Gasteiger partial charge on any atom is 0.257 e. The summed E-state index contributed by atoms with van der Waals surface area (Å²) in [5, 5.41) is 5.47. The third-order valence-electron chi connectivity index (χ3n) is 6.13. The maximum atomic E-state index is 13.1. The zero-order valence-corrected chi connectivity index (χ0v) is 20.0. The molecule has 1 heterocycles. The molecule has 36 heavy (non-hydrogen) atoms. The van der Waals surface area contributed by atoms with E-state index in [1.54, 1.807) is 12.1 Å². The van der Waals surface area contributed by atoms with Crippen LogP contribution in [0, 0.1) is 0 Å². The molecule has 0 aliphatic carbocycles. The smallest absolute Gasteiger partial charge is 0.257 e. The number of hydrogen-bond acceptors (Lipinski definition) is 5. The first-order valence-corrected chi connectivity index (χ1v) is 12.8. The number of hydrogen-bond donors (Lipinski definition) is 3. The molecule has 0 atom stereocenters. The second-order valence-electron chi connectivity index (χ2n) is 8.45. The van der Waals surface area contributed by atoms with Crippen molar-refractivity contribution in [2.24, 2.45) is 5.73 Å². The molecule has 8 heteroatoms. The summed E-state index contributed by atoms with van der Waals surface area (Å²) in [5.74, 6) is -0.920. The molecule has 4 N–H and O–H groups in total. The van der Waals surface area contributed by atoms with E-state index in [0.717, 1.165) is 22.3 Å². The molecule has 4 aromatic carbocycles. The minimum absolute atomic E-state index is 0.0487. The van der Waals surface area contributed by atoms with Gasteiger partial charge in [-0.2, -0.15) is 0 Å². The normalized spacial score (nSPS) is 13.6. The molecule has 0 unspecified atom stereocenters. The molecule has 0 saturated carbocycles. The molecule has 0 saturated heterocycles. The molecule has 5 rings (SSSR count). The number of rotatable bonds is 5. The van der Waals surface area contributed by atoms with Crippen LogP contribution < -0.4 is 16.4 Å². The van der Waals surface area contributed by atoms with E-state index in [1.807, 2.05) is 48.5 Å². The number of benzene rings is 4. The Hall–Kier alpha value is -4.27. The third kappa shape index (κ3) is 4.39. The molecule has 180 valence electrons. The van der Waals surface area contributed by atoms with E-state index in [9.17, 15) is 18.0 Å². The maximum absolute atomic E-state index is 13.1. The minimum Gasteiger partial charge on any atom is -0.348 e. The highest BCUT2D eigenvalue weighted by atomic mass is 32.2.